The van der Waals surface area contributed by atoms with E-state index in [2.05, 4.69) is 10.3 Å². The fraction of sp³-hybridized carbons (Fsp3) is 0.692. The van der Waals surface area contributed by atoms with Crippen molar-refractivity contribution < 1.29 is 5.11 Å². The zero-order valence-corrected chi connectivity index (χ0v) is 11.7. The lowest BCUT2D eigenvalue weighted by Crippen LogP contribution is -2.34. The zero-order chi connectivity index (χ0) is 14.7. The van der Waals surface area contributed by atoms with E-state index >= 15 is 0 Å². The van der Waals surface area contributed by atoms with Crippen molar-refractivity contribution in [1.82, 2.24) is 9.55 Å². The van der Waals surface area contributed by atoms with Gasteiger partial charge in [-0.1, -0.05) is 0 Å². The number of hydrogen-bond donors (Lipinski definition) is 4. The Balaban J connectivity index is 2.10. The molecule has 0 radical (unpaired) electrons. The Morgan fingerprint density at radius 3 is 2.60 bits per heavy atom. The highest BCUT2D eigenvalue weighted by Gasteiger charge is 2.20. The molecule has 20 heavy (non-hydrogen) atoms. The lowest BCUT2D eigenvalue weighted by Gasteiger charge is -2.26. The molecule has 5 N–H and O–H groups in total. The summed E-state index contributed by atoms with van der Waals surface area (Å²) in [7, 11) is 0. The monoisotopic (exact) mass is 282 g/mol. The van der Waals surface area contributed by atoms with Crippen LogP contribution in [0.3, 0.4) is 0 Å². The van der Waals surface area contributed by atoms with Gasteiger partial charge in [-0.2, -0.15) is 0 Å². The predicted octanol–water partition coefficient (Wildman–Crippen LogP) is 0.102. The summed E-state index contributed by atoms with van der Waals surface area (Å²) in [5.74, 6) is 0.594. The standard InChI is InChI=1S/C13H22N4O3/c1-2-17-11(14)10(12(19)16-13(17)20)15-7-8-3-5-9(18)6-4-8/h8-9,15,18H,2-7,14H2,1H3,(H,16,19,20). The van der Waals surface area contributed by atoms with E-state index in [0.717, 1.165) is 25.7 Å². The Hall–Kier alpha value is -1.76. The predicted molar refractivity (Wildman–Crippen MR) is 77.9 cm³/mol. The van der Waals surface area contributed by atoms with E-state index in [0.29, 0.717) is 19.0 Å². The van der Waals surface area contributed by atoms with Crippen LogP contribution in [0.2, 0.25) is 0 Å². The molecule has 1 saturated carbocycles. The Bertz CT molecular complexity index is 570. The van der Waals surface area contributed by atoms with Gasteiger partial charge in [0.1, 0.15) is 11.5 Å². The van der Waals surface area contributed by atoms with Crippen LogP contribution in [0.4, 0.5) is 11.5 Å². The number of nitrogens with zero attached hydrogens (tertiary/aromatic N) is 1. The topological polar surface area (TPSA) is 113 Å². The molecule has 1 aromatic heterocycles. The number of H-pyrrole nitrogens is 1. The number of aliphatic hydroxyl groups is 1. The molecule has 0 unspecified atom stereocenters. The maximum Gasteiger partial charge on any atom is 0.330 e. The molecule has 1 heterocycles. The second-order valence-corrected chi connectivity index (χ2v) is 5.32. The molecular formula is C13H22N4O3. The first-order valence-electron chi connectivity index (χ1n) is 7.07. The average Bonchev–Trinajstić information content (AvgIpc) is 2.40. The molecule has 1 fully saturated rings. The lowest BCUT2D eigenvalue weighted by molar-refractivity contribution is 0.111. The van der Waals surface area contributed by atoms with Crippen LogP contribution in [0.5, 0.6) is 0 Å². The van der Waals surface area contributed by atoms with Crippen LogP contribution in [0, 0.1) is 5.92 Å². The first kappa shape index (κ1) is 14.6. The van der Waals surface area contributed by atoms with Gasteiger partial charge < -0.3 is 16.2 Å². The Labute approximate surface area is 116 Å². The van der Waals surface area contributed by atoms with Gasteiger partial charge >= 0.3 is 5.69 Å². The molecule has 1 aromatic rings. The first-order valence-corrected chi connectivity index (χ1v) is 7.07. The van der Waals surface area contributed by atoms with Gasteiger partial charge in [-0.3, -0.25) is 14.3 Å². The van der Waals surface area contributed by atoms with Gasteiger partial charge in [-0.15, -0.1) is 0 Å². The Kier molecular flexibility index (Phi) is 4.49. The summed E-state index contributed by atoms with van der Waals surface area (Å²) in [4.78, 5) is 25.6. The number of nitrogens with two attached hydrogens (primary N) is 1. The molecule has 0 spiro atoms. The van der Waals surface area contributed by atoms with E-state index in [1.54, 1.807) is 6.92 Å². The third-order valence-corrected chi connectivity index (χ3v) is 3.94. The summed E-state index contributed by atoms with van der Waals surface area (Å²) < 4.78 is 1.33. The molecule has 1 aliphatic rings. The first-order chi connectivity index (χ1) is 9.52. The summed E-state index contributed by atoms with van der Waals surface area (Å²) >= 11 is 0. The van der Waals surface area contributed by atoms with E-state index in [9.17, 15) is 14.7 Å². The van der Waals surface area contributed by atoms with Crippen molar-refractivity contribution in [2.75, 3.05) is 17.6 Å². The fourth-order valence-corrected chi connectivity index (χ4v) is 2.67. The van der Waals surface area contributed by atoms with Crippen LogP contribution in [0.15, 0.2) is 9.59 Å². The molecule has 2 rings (SSSR count). The van der Waals surface area contributed by atoms with Crippen molar-refractivity contribution in [2.24, 2.45) is 5.92 Å². The number of aromatic amines is 1. The number of anilines is 2. The van der Waals surface area contributed by atoms with Gasteiger partial charge in [0, 0.05) is 13.1 Å². The highest BCUT2D eigenvalue weighted by atomic mass is 16.3. The van der Waals surface area contributed by atoms with E-state index in [1.165, 1.54) is 4.57 Å². The van der Waals surface area contributed by atoms with Crippen molar-refractivity contribution in [3.8, 4) is 0 Å². The normalized spacial score (nSPS) is 22.7. The van der Waals surface area contributed by atoms with Crippen LogP contribution in [0.25, 0.3) is 0 Å². The highest BCUT2D eigenvalue weighted by molar-refractivity contribution is 5.60. The minimum atomic E-state index is -0.485. The molecule has 0 bridgehead atoms. The summed E-state index contributed by atoms with van der Waals surface area (Å²) in [6.45, 7) is 2.83. The van der Waals surface area contributed by atoms with E-state index in [4.69, 9.17) is 5.73 Å². The van der Waals surface area contributed by atoms with Crippen LogP contribution in [-0.4, -0.2) is 27.3 Å². The fourth-order valence-electron chi connectivity index (χ4n) is 2.67. The van der Waals surface area contributed by atoms with Crippen molar-refractivity contribution in [3.05, 3.63) is 20.8 Å². The minimum absolute atomic E-state index is 0.178. The summed E-state index contributed by atoms with van der Waals surface area (Å²) in [5.41, 5.74) is 5.17. The molecule has 112 valence electrons. The molecule has 0 aliphatic heterocycles. The van der Waals surface area contributed by atoms with Crippen molar-refractivity contribution in [3.63, 3.8) is 0 Å². The Morgan fingerprint density at radius 2 is 2.00 bits per heavy atom. The largest absolute Gasteiger partial charge is 0.393 e. The minimum Gasteiger partial charge on any atom is -0.393 e. The summed E-state index contributed by atoms with van der Waals surface area (Å²) in [5, 5.41) is 12.5. The second kappa shape index (κ2) is 6.13. The van der Waals surface area contributed by atoms with Gasteiger partial charge in [0.15, 0.2) is 0 Å². The molecule has 0 saturated heterocycles. The van der Waals surface area contributed by atoms with E-state index in [-0.39, 0.29) is 17.6 Å². The van der Waals surface area contributed by atoms with Gasteiger partial charge in [-0.25, -0.2) is 4.79 Å². The molecule has 1 aliphatic carbocycles. The highest BCUT2D eigenvalue weighted by Crippen LogP contribution is 2.24. The smallest absolute Gasteiger partial charge is 0.330 e. The third kappa shape index (κ3) is 3.04. The molecule has 0 aromatic carbocycles. The van der Waals surface area contributed by atoms with Gasteiger partial charge in [0.25, 0.3) is 5.56 Å². The van der Waals surface area contributed by atoms with Crippen LogP contribution >= 0.6 is 0 Å². The third-order valence-electron chi connectivity index (χ3n) is 3.94. The molecule has 7 heteroatoms. The molecule has 0 atom stereocenters. The average molecular weight is 282 g/mol. The summed E-state index contributed by atoms with van der Waals surface area (Å²) in [6.07, 6.45) is 3.26. The maximum atomic E-state index is 11.8. The maximum absolute atomic E-state index is 11.8. The van der Waals surface area contributed by atoms with Crippen molar-refractivity contribution in [2.45, 2.75) is 45.3 Å². The molecule has 7 nitrogen and oxygen atoms in total. The van der Waals surface area contributed by atoms with Crippen molar-refractivity contribution >= 4 is 11.5 Å². The van der Waals surface area contributed by atoms with E-state index < -0.39 is 11.2 Å². The summed E-state index contributed by atoms with van der Waals surface area (Å²) in [6, 6.07) is 0. The molecular weight excluding hydrogens is 260 g/mol. The number of nitrogen functional groups attached to an aromatic ring is 1. The van der Waals surface area contributed by atoms with Gasteiger partial charge in [-0.05, 0) is 38.5 Å². The van der Waals surface area contributed by atoms with Crippen LogP contribution in [-0.2, 0) is 6.54 Å². The number of aliphatic hydroxyl groups excluding tert-OH is 1. The van der Waals surface area contributed by atoms with Gasteiger partial charge in [0.05, 0.1) is 6.10 Å². The van der Waals surface area contributed by atoms with E-state index in [1.807, 2.05) is 0 Å². The van der Waals surface area contributed by atoms with Crippen LogP contribution < -0.4 is 22.3 Å². The second-order valence-electron chi connectivity index (χ2n) is 5.32. The SMILES string of the molecule is CCn1c(N)c(NCC2CCC(O)CC2)c(=O)[nH]c1=O. The zero-order valence-electron chi connectivity index (χ0n) is 11.7. The molecule has 0 amide bonds. The number of hydrogen-bond acceptors (Lipinski definition) is 5. The van der Waals surface area contributed by atoms with Gasteiger partial charge in [0.2, 0.25) is 0 Å². The Morgan fingerprint density at radius 1 is 1.35 bits per heavy atom. The van der Waals surface area contributed by atoms with Crippen molar-refractivity contribution in [1.29, 1.82) is 0 Å². The number of aromatic nitrogens is 2. The van der Waals surface area contributed by atoms with Crippen LogP contribution in [0.1, 0.15) is 32.6 Å². The number of rotatable bonds is 4. The number of nitrogens with one attached hydrogen (secondary N) is 2. The lowest BCUT2D eigenvalue weighted by atomic mass is 9.87. The quantitative estimate of drug-likeness (QED) is 0.625.